The van der Waals surface area contributed by atoms with Crippen LogP contribution in [0.3, 0.4) is 0 Å². The van der Waals surface area contributed by atoms with Gasteiger partial charge in [-0.25, -0.2) is 9.59 Å². The van der Waals surface area contributed by atoms with Crippen molar-refractivity contribution >= 4 is 23.5 Å². The molecule has 194 valence electrons. The number of hydrogen-bond acceptors (Lipinski definition) is 8. The van der Waals surface area contributed by atoms with Crippen LogP contribution in [0.2, 0.25) is 0 Å². The molecule has 8 heteroatoms. The predicted octanol–water partition coefficient (Wildman–Crippen LogP) is 4.21. The average molecular weight is 499 g/mol. The summed E-state index contributed by atoms with van der Waals surface area (Å²) in [5, 5.41) is 0. The van der Waals surface area contributed by atoms with Gasteiger partial charge in [0.15, 0.2) is 0 Å². The zero-order chi connectivity index (χ0) is 26.6. The van der Waals surface area contributed by atoms with Gasteiger partial charge in [0.25, 0.3) is 11.6 Å². The summed E-state index contributed by atoms with van der Waals surface area (Å²) in [4.78, 5) is 47.9. The first kappa shape index (κ1) is 28.9. The van der Waals surface area contributed by atoms with Crippen molar-refractivity contribution in [2.24, 2.45) is 0 Å². The Labute approximate surface area is 211 Å². The fourth-order valence-electron chi connectivity index (χ4n) is 3.11. The Balaban J connectivity index is 1.63. The summed E-state index contributed by atoms with van der Waals surface area (Å²) in [5.41, 5.74) is -0.571. The van der Waals surface area contributed by atoms with Crippen LogP contribution < -0.4 is 0 Å². The average Bonchev–Trinajstić information content (AvgIpc) is 2.86. The molecule has 0 saturated carbocycles. The molecule has 0 amide bonds. The minimum Gasteiger partial charge on any atom is -0.460 e. The Morgan fingerprint density at radius 2 is 0.944 bits per heavy atom. The molecule has 2 aromatic rings. The predicted molar refractivity (Wildman–Crippen MR) is 133 cm³/mol. The molecule has 0 spiro atoms. The second-order valence-electron chi connectivity index (χ2n) is 9.38. The monoisotopic (exact) mass is 498 g/mol. The van der Waals surface area contributed by atoms with Crippen molar-refractivity contribution in [3.05, 3.63) is 71.8 Å². The first-order valence-electron chi connectivity index (χ1n) is 11.8. The van der Waals surface area contributed by atoms with Crippen LogP contribution in [-0.2, 0) is 28.5 Å². The number of ether oxygens (including phenoxy) is 4. The van der Waals surface area contributed by atoms with Crippen molar-refractivity contribution in [2.45, 2.75) is 51.7 Å². The summed E-state index contributed by atoms with van der Waals surface area (Å²) in [5.74, 6) is -3.18. The molecule has 0 aromatic heterocycles. The van der Waals surface area contributed by atoms with Crippen molar-refractivity contribution in [1.82, 2.24) is 0 Å². The number of esters is 2. The lowest BCUT2D eigenvalue weighted by Gasteiger charge is -2.29. The third-order valence-corrected chi connectivity index (χ3v) is 5.39. The maximum atomic E-state index is 12.1. The van der Waals surface area contributed by atoms with Crippen LogP contribution >= 0.6 is 0 Å². The zero-order valence-electron chi connectivity index (χ0n) is 21.3. The molecule has 0 aliphatic carbocycles. The summed E-state index contributed by atoms with van der Waals surface area (Å²) < 4.78 is 21.8. The number of ketones is 2. The molecular weight excluding hydrogens is 464 g/mol. The SMILES string of the molecule is CC(C)(CCOC(=O)C(=O)c1ccccc1)OCCC(C)(C)OCCOC(=O)C(=O)c1ccccc1. The van der Waals surface area contributed by atoms with Gasteiger partial charge < -0.3 is 18.9 Å². The number of carbonyl (C=O) groups is 4. The summed E-state index contributed by atoms with van der Waals surface area (Å²) in [7, 11) is 0. The lowest BCUT2D eigenvalue weighted by Crippen LogP contribution is -2.33. The van der Waals surface area contributed by atoms with Crippen LogP contribution in [-0.4, -0.2) is 61.1 Å². The molecule has 2 aromatic carbocycles. The van der Waals surface area contributed by atoms with Crippen LogP contribution in [0.1, 0.15) is 61.3 Å². The number of hydrogen-bond donors (Lipinski definition) is 0. The molecule has 0 aliphatic rings. The first-order valence-corrected chi connectivity index (χ1v) is 11.8. The minimum absolute atomic E-state index is 0.0414. The van der Waals surface area contributed by atoms with E-state index in [1.807, 2.05) is 27.7 Å². The fourth-order valence-corrected chi connectivity index (χ4v) is 3.11. The van der Waals surface area contributed by atoms with E-state index < -0.39 is 34.7 Å². The fraction of sp³-hybridized carbons (Fsp3) is 0.429. The van der Waals surface area contributed by atoms with E-state index in [9.17, 15) is 19.2 Å². The molecule has 0 N–H and O–H groups in total. The minimum atomic E-state index is -0.918. The maximum Gasteiger partial charge on any atom is 0.379 e. The highest BCUT2D eigenvalue weighted by Crippen LogP contribution is 2.20. The Morgan fingerprint density at radius 1 is 0.556 bits per heavy atom. The second kappa shape index (κ2) is 13.7. The first-order chi connectivity index (χ1) is 17.0. The van der Waals surface area contributed by atoms with Crippen LogP contribution in [0.15, 0.2) is 60.7 Å². The van der Waals surface area contributed by atoms with E-state index in [1.54, 1.807) is 60.7 Å². The maximum absolute atomic E-state index is 12.1. The molecule has 0 saturated heterocycles. The van der Waals surface area contributed by atoms with E-state index in [0.29, 0.717) is 19.4 Å². The third-order valence-electron chi connectivity index (χ3n) is 5.39. The highest BCUT2D eigenvalue weighted by atomic mass is 16.6. The number of carbonyl (C=O) groups excluding carboxylic acids is 4. The van der Waals surface area contributed by atoms with E-state index in [0.717, 1.165) is 0 Å². The molecule has 0 bridgehead atoms. The van der Waals surface area contributed by atoms with Crippen molar-refractivity contribution in [3.63, 3.8) is 0 Å². The number of benzene rings is 2. The Bertz CT molecular complexity index is 1010. The summed E-state index contributed by atoms with van der Waals surface area (Å²) in [6, 6.07) is 16.5. The lowest BCUT2D eigenvalue weighted by molar-refractivity contribution is -0.143. The second-order valence-corrected chi connectivity index (χ2v) is 9.38. The van der Waals surface area contributed by atoms with Gasteiger partial charge in [0.1, 0.15) is 6.61 Å². The van der Waals surface area contributed by atoms with Gasteiger partial charge in [-0.05, 0) is 34.1 Å². The van der Waals surface area contributed by atoms with Gasteiger partial charge in [-0.1, -0.05) is 60.7 Å². The summed E-state index contributed by atoms with van der Waals surface area (Å²) in [6.07, 6.45) is 0.965. The van der Waals surface area contributed by atoms with E-state index >= 15 is 0 Å². The molecule has 0 heterocycles. The summed E-state index contributed by atoms with van der Waals surface area (Å²) in [6.45, 7) is 8.04. The van der Waals surface area contributed by atoms with Gasteiger partial charge in [0, 0.05) is 17.5 Å². The molecule has 0 unspecified atom stereocenters. The van der Waals surface area contributed by atoms with E-state index in [2.05, 4.69) is 0 Å². The lowest BCUT2D eigenvalue weighted by atomic mass is 10.0. The Kier molecular flexibility index (Phi) is 11.0. The van der Waals surface area contributed by atoms with Gasteiger partial charge in [0.2, 0.25) is 0 Å². The Hall–Kier alpha value is -3.36. The summed E-state index contributed by atoms with van der Waals surface area (Å²) >= 11 is 0. The standard InChI is InChI=1S/C28H34O8/c1-27(2,15-17-33-25(31)23(29)21-11-7-5-8-12-21)35-18-16-28(3,4)36-20-19-34-26(32)24(30)22-13-9-6-10-14-22/h5-14H,15-20H2,1-4H3. The van der Waals surface area contributed by atoms with Crippen molar-refractivity contribution in [1.29, 1.82) is 0 Å². The highest BCUT2D eigenvalue weighted by molar-refractivity contribution is 6.41. The smallest absolute Gasteiger partial charge is 0.379 e. The van der Waals surface area contributed by atoms with Crippen LogP contribution in [0.25, 0.3) is 0 Å². The molecular formula is C28H34O8. The van der Waals surface area contributed by atoms with Crippen molar-refractivity contribution < 1.29 is 38.1 Å². The molecule has 36 heavy (non-hydrogen) atoms. The van der Waals surface area contributed by atoms with Crippen molar-refractivity contribution in [3.8, 4) is 0 Å². The van der Waals surface area contributed by atoms with Crippen LogP contribution in [0, 0.1) is 0 Å². The van der Waals surface area contributed by atoms with E-state index in [4.69, 9.17) is 18.9 Å². The van der Waals surface area contributed by atoms with Gasteiger partial charge in [0.05, 0.1) is 31.0 Å². The van der Waals surface area contributed by atoms with E-state index in [1.165, 1.54) is 0 Å². The van der Waals surface area contributed by atoms with Gasteiger partial charge in [-0.2, -0.15) is 0 Å². The molecule has 0 radical (unpaired) electrons. The topological polar surface area (TPSA) is 105 Å². The van der Waals surface area contributed by atoms with Gasteiger partial charge in [-0.3, -0.25) is 9.59 Å². The molecule has 0 aliphatic heterocycles. The van der Waals surface area contributed by atoms with Gasteiger partial charge >= 0.3 is 11.9 Å². The molecule has 2 rings (SSSR count). The van der Waals surface area contributed by atoms with Gasteiger partial charge in [-0.15, -0.1) is 0 Å². The largest absolute Gasteiger partial charge is 0.460 e. The zero-order valence-corrected chi connectivity index (χ0v) is 21.3. The molecule has 8 nitrogen and oxygen atoms in total. The molecule has 0 atom stereocenters. The third kappa shape index (κ3) is 10.1. The normalized spacial score (nSPS) is 11.6. The van der Waals surface area contributed by atoms with Crippen LogP contribution in [0.4, 0.5) is 0 Å². The number of rotatable bonds is 15. The van der Waals surface area contributed by atoms with Crippen molar-refractivity contribution in [2.75, 3.05) is 26.4 Å². The highest BCUT2D eigenvalue weighted by Gasteiger charge is 2.25. The van der Waals surface area contributed by atoms with Crippen LogP contribution in [0.5, 0.6) is 0 Å². The van der Waals surface area contributed by atoms with E-state index in [-0.39, 0.29) is 30.9 Å². The quantitative estimate of drug-likeness (QED) is 0.156. The Morgan fingerprint density at radius 3 is 1.42 bits per heavy atom. The molecule has 0 fully saturated rings. The number of Topliss-reactive ketones (excluding diaryl/α,β-unsaturated/α-hetero) is 2.